The molecular weight excluding hydrogens is 409 g/mol. The first-order valence-electron chi connectivity index (χ1n) is 10.3. The number of morpholine rings is 1. The number of benzene rings is 2. The van der Waals surface area contributed by atoms with Crippen LogP contribution in [0.5, 0.6) is 0 Å². The smallest absolute Gasteiger partial charge is 0.254 e. The molecule has 32 heavy (non-hydrogen) atoms. The number of fused-ring (bicyclic) bond motifs is 1. The molecule has 8 heteroatoms. The number of carbonyl (C=O) groups excluding carboxylic acids is 1. The minimum Gasteiger partial charge on any atom is -0.378 e. The van der Waals surface area contributed by atoms with Crippen molar-refractivity contribution < 1.29 is 13.9 Å². The van der Waals surface area contributed by atoms with Crippen molar-refractivity contribution in [2.45, 2.75) is 0 Å². The Labute approximate surface area is 183 Å². The molecule has 0 saturated carbocycles. The van der Waals surface area contributed by atoms with Gasteiger partial charge in [-0.2, -0.15) is 0 Å². The van der Waals surface area contributed by atoms with E-state index in [1.54, 1.807) is 17.0 Å². The molecule has 7 nitrogen and oxygen atoms in total. The normalized spacial score (nSPS) is 13.8. The van der Waals surface area contributed by atoms with E-state index in [1.165, 1.54) is 18.5 Å². The van der Waals surface area contributed by atoms with Gasteiger partial charge in [0.05, 0.1) is 24.4 Å². The first-order chi connectivity index (χ1) is 15.7. The molecule has 0 bridgehead atoms. The molecular formula is C24H20FN5O2. The second kappa shape index (κ2) is 8.68. The van der Waals surface area contributed by atoms with E-state index in [2.05, 4.69) is 15.3 Å². The quantitative estimate of drug-likeness (QED) is 0.527. The highest BCUT2D eigenvalue weighted by Gasteiger charge is 2.18. The Morgan fingerprint density at radius 3 is 2.44 bits per heavy atom. The summed E-state index contributed by atoms with van der Waals surface area (Å²) in [5, 5.41) is 3.17. The van der Waals surface area contributed by atoms with Crippen molar-refractivity contribution in [3.63, 3.8) is 0 Å². The highest BCUT2D eigenvalue weighted by Crippen LogP contribution is 2.26. The van der Waals surface area contributed by atoms with Gasteiger partial charge >= 0.3 is 0 Å². The number of nitrogens with one attached hydrogen (secondary N) is 1. The first kappa shape index (κ1) is 20.0. The van der Waals surface area contributed by atoms with Gasteiger partial charge in [-0.15, -0.1) is 0 Å². The average Bonchev–Trinajstić information content (AvgIpc) is 2.85. The summed E-state index contributed by atoms with van der Waals surface area (Å²) in [6.45, 7) is 2.36. The lowest BCUT2D eigenvalue weighted by Gasteiger charge is -2.26. The monoisotopic (exact) mass is 429 g/mol. The maximum Gasteiger partial charge on any atom is 0.254 e. The SMILES string of the molecule is O=C(c1ccc(-c2ccc3ncnc(Nc4ccc(F)cc4)c3n2)cc1)N1CCOCC1. The number of hydrogen-bond donors (Lipinski definition) is 1. The minimum absolute atomic E-state index is 0.00510. The fraction of sp³-hybridized carbons (Fsp3) is 0.167. The van der Waals surface area contributed by atoms with Crippen LogP contribution in [0.2, 0.25) is 0 Å². The van der Waals surface area contributed by atoms with Crippen LogP contribution in [-0.4, -0.2) is 52.1 Å². The molecule has 1 saturated heterocycles. The predicted molar refractivity (Wildman–Crippen MR) is 119 cm³/mol. The molecule has 1 aliphatic heterocycles. The van der Waals surface area contributed by atoms with E-state index in [0.717, 1.165) is 11.3 Å². The third-order valence-corrected chi connectivity index (χ3v) is 5.31. The molecule has 0 aliphatic carbocycles. The predicted octanol–water partition coefficient (Wildman–Crippen LogP) is 4.05. The molecule has 2 aromatic heterocycles. The van der Waals surface area contributed by atoms with Crippen LogP contribution in [0.15, 0.2) is 67.0 Å². The molecule has 4 aromatic rings. The van der Waals surface area contributed by atoms with Crippen LogP contribution in [0.3, 0.4) is 0 Å². The van der Waals surface area contributed by atoms with Crippen LogP contribution in [0.4, 0.5) is 15.9 Å². The number of pyridine rings is 1. The van der Waals surface area contributed by atoms with Crippen LogP contribution in [-0.2, 0) is 4.74 Å². The number of aromatic nitrogens is 3. The van der Waals surface area contributed by atoms with Crippen LogP contribution >= 0.6 is 0 Å². The lowest BCUT2D eigenvalue weighted by atomic mass is 10.1. The summed E-state index contributed by atoms with van der Waals surface area (Å²) in [6.07, 6.45) is 1.46. The highest BCUT2D eigenvalue weighted by molar-refractivity contribution is 5.95. The molecule has 3 heterocycles. The Bertz CT molecular complexity index is 1260. The number of rotatable bonds is 4. The molecule has 1 aliphatic rings. The van der Waals surface area contributed by atoms with Gasteiger partial charge in [0.2, 0.25) is 0 Å². The minimum atomic E-state index is -0.306. The van der Waals surface area contributed by atoms with E-state index in [1.807, 2.05) is 36.4 Å². The Morgan fingerprint density at radius 1 is 0.938 bits per heavy atom. The lowest BCUT2D eigenvalue weighted by Crippen LogP contribution is -2.40. The highest BCUT2D eigenvalue weighted by atomic mass is 19.1. The van der Waals surface area contributed by atoms with Crippen LogP contribution in [0.25, 0.3) is 22.3 Å². The van der Waals surface area contributed by atoms with E-state index in [0.29, 0.717) is 54.4 Å². The van der Waals surface area contributed by atoms with Crippen molar-refractivity contribution in [3.05, 3.63) is 78.4 Å². The summed E-state index contributed by atoms with van der Waals surface area (Å²) in [4.78, 5) is 27.8. The molecule has 0 unspecified atom stereocenters. The molecule has 5 rings (SSSR count). The molecule has 1 fully saturated rings. The zero-order valence-corrected chi connectivity index (χ0v) is 17.2. The van der Waals surface area contributed by atoms with E-state index in [-0.39, 0.29) is 11.7 Å². The van der Waals surface area contributed by atoms with Crippen LogP contribution < -0.4 is 5.32 Å². The van der Waals surface area contributed by atoms with Gasteiger partial charge in [0.1, 0.15) is 17.7 Å². The van der Waals surface area contributed by atoms with Gasteiger partial charge in [0.15, 0.2) is 5.82 Å². The first-order valence-corrected chi connectivity index (χ1v) is 10.3. The number of halogens is 1. The van der Waals surface area contributed by atoms with E-state index < -0.39 is 0 Å². The molecule has 2 aromatic carbocycles. The fourth-order valence-corrected chi connectivity index (χ4v) is 3.59. The van der Waals surface area contributed by atoms with Gasteiger partial charge in [-0.1, -0.05) is 12.1 Å². The van der Waals surface area contributed by atoms with Crippen LogP contribution in [0, 0.1) is 5.82 Å². The largest absolute Gasteiger partial charge is 0.378 e. The number of hydrogen-bond acceptors (Lipinski definition) is 6. The zero-order chi connectivity index (χ0) is 21.9. The standard InChI is InChI=1S/C24H20FN5O2/c25-18-5-7-19(8-6-18)28-23-22-21(26-15-27-23)10-9-20(29-22)16-1-3-17(4-2-16)24(31)30-11-13-32-14-12-30/h1-10,15H,11-14H2,(H,26,27,28). The van der Waals surface area contributed by atoms with Gasteiger partial charge in [-0.05, 0) is 48.5 Å². The van der Waals surface area contributed by atoms with Crippen molar-refractivity contribution in [1.29, 1.82) is 0 Å². The molecule has 160 valence electrons. The Hall–Kier alpha value is -3.91. The summed E-state index contributed by atoms with van der Waals surface area (Å²) in [5.41, 5.74) is 4.24. The molecule has 1 amide bonds. The maximum absolute atomic E-state index is 13.2. The van der Waals surface area contributed by atoms with Gasteiger partial charge in [-0.25, -0.2) is 19.3 Å². The third kappa shape index (κ3) is 4.13. The van der Waals surface area contributed by atoms with Gasteiger partial charge < -0.3 is 15.0 Å². The third-order valence-electron chi connectivity index (χ3n) is 5.31. The van der Waals surface area contributed by atoms with Crippen molar-refractivity contribution in [3.8, 4) is 11.3 Å². The van der Waals surface area contributed by atoms with E-state index >= 15 is 0 Å². The van der Waals surface area contributed by atoms with Gasteiger partial charge in [0.25, 0.3) is 5.91 Å². The fourth-order valence-electron chi connectivity index (χ4n) is 3.59. The van der Waals surface area contributed by atoms with Crippen LogP contribution in [0.1, 0.15) is 10.4 Å². The molecule has 0 radical (unpaired) electrons. The number of nitrogens with zero attached hydrogens (tertiary/aromatic N) is 4. The second-order valence-electron chi connectivity index (χ2n) is 7.40. The summed E-state index contributed by atoms with van der Waals surface area (Å²) in [5.74, 6) is 0.229. The van der Waals surface area contributed by atoms with Crippen molar-refractivity contribution in [2.75, 3.05) is 31.6 Å². The Kier molecular flexibility index (Phi) is 5.43. The zero-order valence-electron chi connectivity index (χ0n) is 17.2. The van der Waals surface area contributed by atoms with Crippen molar-refractivity contribution >= 4 is 28.4 Å². The topological polar surface area (TPSA) is 80.2 Å². The summed E-state index contributed by atoms with van der Waals surface area (Å²) in [6, 6.07) is 17.2. The summed E-state index contributed by atoms with van der Waals surface area (Å²) in [7, 11) is 0. The maximum atomic E-state index is 13.2. The molecule has 0 atom stereocenters. The Morgan fingerprint density at radius 2 is 1.69 bits per heavy atom. The second-order valence-corrected chi connectivity index (χ2v) is 7.40. The van der Waals surface area contributed by atoms with E-state index in [9.17, 15) is 9.18 Å². The molecule has 1 N–H and O–H groups in total. The van der Waals surface area contributed by atoms with E-state index in [4.69, 9.17) is 9.72 Å². The lowest BCUT2D eigenvalue weighted by molar-refractivity contribution is 0.0303. The average molecular weight is 429 g/mol. The summed E-state index contributed by atoms with van der Waals surface area (Å²) < 4.78 is 18.5. The number of anilines is 2. The number of amides is 1. The van der Waals surface area contributed by atoms with Crippen molar-refractivity contribution in [1.82, 2.24) is 19.9 Å². The van der Waals surface area contributed by atoms with Gasteiger partial charge in [-0.3, -0.25) is 4.79 Å². The number of ether oxygens (including phenoxy) is 1. The Balaban J connectivity index is 1.42. The molecule has 0 spiro atoms. The van der Waals surface area contributed by atoms with Crippen molar-refractivity contribution in [2.24, 2.45) is 0 Å². The number of carbonyl (C=O) groups is 1. The summed E-state index contributed by atoms with van der Waals surface area (Å²) >= 11 is 0. The van der Waals surface area contributed by atoms with Gasteiger partial charge in [0, 0.05) is 29.9 Å².